The first-order valence-electron chi connectivity index (χ1n) is 3.69. The average Bonchev–Trinajstić information content (AvgIpc) is 1.96. The lowest BCUT2D eigenvalue weighted by Gasteiger charge is -2.08. The van der Waals surface area contributed by atoms with Crippen LogP contribution in [0.4, 0.5) is 0 Å². The van der Waals surface area contributed by atoms with Crippen molar-refractivity contribution in [3.63, 3.8) is 0 Å². The first-order chi connectivity index (χ1) is 5.87. The van der Waals surface area contributed by atoms with Gasteiger partial charge in [0.2, 0.25) is 0 Å². The number of hydrogen-bond donors (Lipinski definition) is 1. The quantitative estimate of drug-likeness (QED) is 0.515. The molecule has 0 radical (unpaired) electrons. The second kappa shape index (κ2) is 5.15. The van der Waals surface area contributed by atoms with Crippen LogP contribution in [0, 0.1) is 0 Å². The number of ether oxygens (including phenoxy) is 1. The van der Waals surface area contributed by atoms with Crippen molar-refractivity contribution in [3.8, 4) is 0 Å². The molecule has 0 spiro atoms. The highest BCUT2D eigenvalue weighted by Gasteiger charge is 2.20. The van der Waals surface area contributed by atoms with E-state index in [0.717, 1.165) is 0 Å². The van der Waals surface area contributed by atoms with E-state index in [4.69, 9.17) is 4.55 Å². The molecule has 1 N–H and O–H groups in total. The largest absolute Gasteiger partial charge is 0.464 e. The summed E-state index contributed by atoms with van der Waals surface area (Å²) in [5.41, 5.74) is 0. The third-order valence-electron chi connectivity index (χ3n) is 1.05. The van der Waals surface area contributed by atoms with Crippen LogP contribution in [-0.4, -0.2) is 31.7 Å². The van der Waals surface area contributed by atoms with Gasteiger partial charge in [-0.3, -0.25) is 4.55 Å². The van der Waals surface area contributed by atoms with Gasteiger partial charge in [-0.25, -0.2) is 8.98 Å². The van der Waals surface area contributed by atoms with Crippen molar-refractivity contribution in [2.45, 2.75) is 26.4 Å². The van der Waals surface area contributed by atoms with Gasteiger partial charge >= 0.3 is 16.4 Å². The van der Waals surface area contributed by atoms with E-state index < -0.39 is 22.5 Å². The Hall–Kier alpha value is -0.660. The smallest absolute Gasteiger partial charge is 0.398 e. The molecule has 0 aromatic rings. The molecular formula is C6H12O6S. The van der Waals surface area contributed by atoms with E-state index in [9.17, 15) is 13.2 Å². The zero-order chi connectivity index (χ0) is 10.5. The molecule has 0 saturated carbocycles. The molecule has 1 atom stereocenters. The van der Waals surface area contributed by atoms with Crippen LogP contribution < -0.4 is 0 Å². The standard InChI is InChI=1S/C6H12O6S/c1-3-4-11-6(7)5(2)12-13(8,9)10/h5H,3-4H2,1-2H3,(H,8,9,10). The fourth-order valence-corrected chi connectivity index (χ4v) is 0.985. The highest BCUT2D eigenvalue weighted by Crippen LogP contribution is 1.99. The third kappa shape index (κ3) is 6.50. The molecule has 0 fully saturated rings. The molecule has 0 saturated heterocycles. The maximum absolute atomic E-state index is 10.9. The Balaban J connectivity index is 3.97. The molecule has 0 aromatic carbocycles. The van der Waals surface area contributed by atoms with E-state index in [1.54, 1.807) is 6.92 Å². The Bertz CT molecular complexity index is 256. The highest BCUT2D eigenvalue weighted by atomic mass is 32.3. The van der Waals surface area contributed by atoms with Crippen LogP contribution in [0.2, 0.25) is 0 Å². The van der Waals surface area contributed by atoms with Gasteiger partial charge in [-0.2, -0.15) is 8.42 Å². The summed E-state index contributed by atoms with van der Waals surface area (Å²) >= 11 is 0. The van der Waals surface area contributed by atoms with E-state index in [-0.39, 0.29) is 6.61 Å². The third-order valence-corrected chi connectivity index (χ3v) is 1.58. The summed E-state index contributed by atoms with van der Waals surface area (Å²) in [5, 5.41) is 0. The Morgan fingerprint density at radius 3 is 2.46 bits per heavy atom. The zero-order valence-electron chi connectivity index (χ0n) is 7.39. The van der Waals surface area contributed by atoms with E-state index >= 15 is 0 Å². The van der Waals surface area contributed by atoms with Gasteiger partial charge in [0.1, 0.15) is 0 Å². The van der Waals surface area contributed by atoms with Crippen molar-refractivity contribution in [2.24, 2.45) is 0 Å². The number of hydrogen-bond acceptors (Lipinski definition) is 5. The maximum atomic E-state index is 10.9. The summed E-state index contributed by atoms with van der Waals surface area (Å²) < 4.78 is 37.0. The molecule has 0 amide bonds. The lowest BCUT2D eigenvalue weighted by molar-refractivity contribution is -0.151. The molecule has 6 nitrogen and oxygen atoms in total. The van der Waals surface area contributed by atoms with Crippen LogP contribution in [0.1, 0.15) is 20.3 Å². The lowest BCUT2D eigenvalue weighted by atomic mass is 10.4. The van der Waals surface area contributed by atoms with E-state index in [0.29, 0.717) is 6.42 Å². The van der Waals surface area contributed by atoms with Gasteiger partial charge in [-0.1, -0.05) is 6.92 Å². The Labute approximate surface area is 76.8 Å². The summed E-state index contributed by atoms with van der Waals surface area (Å²) in [6.07, 6.45) is -0.689. The van der Waals surface area contributed by atoms with Gasteiger partial charge in [0, 0.05) is 0 Å². The van der Waals surface area contributed by atoms with E-state index in [1.165, 1.54) is 6.92 Å². The van der Waals surface area contributed by atoms with Gasteiger partial charge in [0.25, 0.3) is 0 Å². The molecule has 13 heavy (non-hydrogen) atoms. The number of carbonyl (C=O) groups excluding carboxylic acids is 1. The van der Waals surface area contributed by atoms with Gasteiger partial charge in [0.05, 0.1) is 6.61 Å². The molecule has 0 aliphatic rings. The predicted octanol–water partition coefficient (Wildman–Crippen LogP) is 0.148. The average molecular weight is 212 g/mol. The van der Waals surface area contributed by atoms with Gasteiger partial charge < -0.3 is 4.74 Å². The minimum Gasteiger partial charge on any atom is -0.464 e. The first-order valence-corrected chi connectivity index (χ1v) is 5.05. The van der Waals surface area contributed by atoms with Crippen LogP contribution in [0.25, 0.3) is 0 Å². The molecule has 78 valence electrons. The molecular weight excluding hydrogens is 200 g/mol. The van der Waals surface area contributed by atoms with Crippen molar-refractivity contribution in [2.75, 3.05) is 6.61 Å². The topological polar surface area (TPSA) is 89.9 Å². The lowest BCUT2D eigenvalue weighted by Crippen LogP contribution is -2.26. The number of carbonyl (C=O) groups is 1. The van der Waals surface area contributed by atoms with Crippen LogP contribution in [0.5, 0.6) is 0 Å². The monoisotopic (exact) mass is 212 g/mol. The minimum absolute atomic E-state index is 0.192. The second-order valence-electron chi connectivity index (χ2n) is 2.33. The fraction of sp³-hybridized carbons (Fsp3) is 0.833. The Morgan fingerprint density at radius 2 is 2.08 bits per heavy atom. The highest BCUT2D eigenvalue weighted by molar-refractivity contribution is 7.80. The van der Waals surface area contributed by atoms with Gasteiger partial charge in [0.15, 0.2) is 6.10 Å². The summed E-state index contributed by atoms with van der Waals surface area (Å²) in [7, 11) is -4.59. The fourth-order valence-electron chi connectivity index (χ4n) is 0.542. The molecule has 0 aromatic heterocycles. The second-order valence-corrected chi connectivity index (χ2v) is 3.38. The molecule has 0 aliphatic carbocycles. The summed E-state index contributed by atoms with van der Waals surface area (Å²) in [6, 6.07) is 0. The summed E-state index contributed by atoms with van der Waals surface area (Å²) in [4.78, 5) is 10.9. The first kappa shape index (κ1) is 12.3. The number of rotatable bonds is 5. The SMILES string of the molecule is CCCOC(=O)C(C)OS(=O)(=O)O. The molecule has 0 rings (SSSR count). The zero-order valence-corrected chi connectivity index (χ0v) is 8.20. The van der Waals surface area contributed by atoms with Gasteiger partial charge in [-0.05, 0) is 13.3 Å². The molecule has 1 unspecified atom stereocenters. The maximum Gasteiger partial charge on any atom is 0.398 e. The molecule has 0 bridgehead atoms. The molecule has 0 aliphatic heterocycles. The number of esters is 1. The van der Waals surface area contributed by atoms with Crippen LogP contribution >= 0.6 is 0 Å². The van der Waals surface area contributed by atoms with Crippen molar-refractivity contribution in [3.05, 3.63) is 0 Å². The predicted molar refractivity (Wildman–Crippen MR) is 43.3 cm³/mol. The van der Waals surface area contributed by atoms with Crippen molar-refractivity contribution in [1.82, 2.24) is 0 Å². The van der Waals surface area contributed by atoms with Crippen LogP contribution in [0.3, 0.4) is 0 Å². The van der Waals surface area contributed by atoms with Crippen LogP contribution in [0.15, 0.2) is 0 Å². The van der Waals surface area contributed by atoms with E-state index in [2.05, 4.69) is 8.92 Å². The van der Waals surface area contributed by atoms with Gasteiger partial charge in [-0.15, -0.1) is 0 Å². The molecule has 0 heterocycles. The van der Waals surface area contributed by atoms with Crippen molar-refractivity contribution < 1.29 is 26.7 Å². The van der Waals surface area contributed by atoms with Crippen molar-refractivity contribution in [1.29, 1.82) is 0 Å². The van der Waals surface area contributed by atoms with Crippen LogP contribution in [-0.2, 0) is 24.1 Å². The Kier molecular flexibility index (Phi) is 4.89. The minimum atomic E-state index is -4.59. The molecule has 7 heteroatoms. The summed E-state index contributed by atoms with van der Waals surface area (Å²) in [6.45, 7) is 3.16. The summed E-state index contributed by atoms with van der Waals surface area (Å²) in [5.74, 6) is -0.820. The Morgan fingerprint density at radius 1 is 1.54 bits per heavy atom. The van der Waals surface area contributed by atoms with Crippen molar-refractivity contribution >= 4 is 16.4 Å². The van der Waals surface area contributed by atoms with E-state index in [1.807, 2.05) is 0 Å². The normalized spacial score (nSPS) is 13.8.